The third kappa shape index (κ3) is 1.22. The summed E-state index contributed by atoms with van der Waals surface area (Å²) in [5.41, 5.74) is 1.41. The van der Waals surface area contributed by atoms with Crippen LogP contribution in [0.3, 0.4) is 0 Å². The summed E-state index contributed by atoms with van der Waals surface area (Å²) in [5, 5.41) is 4.97. The molecule has 0 aliphatic carbocycles. The van der Waals surface area contributed by atoms with E-state index in [9.17, 15) is 0 Å². The highest BCUT2D eigenvalue weighted by molar-refractivity contribution is 7.19. The Hall–Kier alpha value is -1.02. The van der Waals surface area contributed by atoms with Gasteiger partial charge in [0, 0.05) is 21.5 Å². The first-order valence-electron chi connectivity index (χ1n) is 5.19. The SMILES string of the molecule is c1ccc2c3c(sc2c1)CCCCN3. The maximum Gasteiger partial charge on any atom is 0.0561 e. The summed E-state index contributed by atoms with van der Waals surface area (Å²) < 4.78 is 1.42. The zero-order valence-electron chi connectivity index (χ0n) is 8.05. The van der Waals surface area contributed by atoms with Crippen LogP contribution in [0.4, 0.5) is 5.69 Å². The summed E-state index contributed by atoms with van der Waals surface area (Å²) in [6.45, 7) is 1.13. The molecule has 0 saturated heterocycles. The molecule has 0 bridgehead atoms. The van der Waals surface area contributed by atoms with Crippen molar-refractivity contribution in [2.45, 2.75) is 19.3 Å². The predicted octanol–water partition coefficient (Wildman–Crippen LogP) is 3.65. The molecule has 2 heteroatoms. The van der Waals surface area contributed by atoms with Gasteiger partial charge in [0.15, 0.2) is 0 Å². The summed E-state index contributed by atoms with van der Waals surface area (Å²) in [6.07, 6.45) is 3.88. The fourth-order valence-corrected chi connectivity index (χ4v) is 3.31. The number of nitrogens with one attached hydrogen (secondary N) is 1. The molecule has 0 unspecified atom stereocenters. The van der Waals surface area contributed by atoms with Gasteiger partial charge in [-0.15, -0.1) is 11.3 Å². The molecule has 2 heterocycles. The molecular formula is C12H13NS. The van der Waals surface area contributed by atoms with E-state index in [4.69, 9.17) is 0 Å². The van der Waals surface area contributed by atoms with Crippen LogP contribution in [0, 0.1) is 0 Å². The van der Waals surface area contributed by atoms with E-state index in [1.54, 1.807) is 4.88 Å². The monoisotopic (exact) mass is 203 g/mol. The van der Waals surface area contributed by atoms with Gasteiger partial charge in [0.05, 0.1) is 5.69 Å². The molecule has 0 saturated carbocycles. The quantitative estimate of drug-likeness (QED) is 0.689. The lowest BCUT2D eigenvalue weighted by atomic mass is 10.2. The van der Waals surface area contributed by atoms with E-state index in [1.165, 1.54) is 35.0 Å². The van der Waals surface area contributed by atoms with Crippen LogP contribution in [-0.2, 0) is 6.42 Å². The van der Waals surface area contributed by atoms with E-state index in [1.807, 2.05) is 11.3 Å². The molecule has 0 radical (unpaired) electrons. The molecule has 0 spiro atoms. The Morgan fingerprint density at radius 3 is 3.07 bits per heavy atom. The van der Waals surface area contributed by atoms with Gasteiger partial charge < -0.3 is 5.32 Å². The fraction of sp³-hybridized carbons (Fsp3) is 0.333. The Bertz CT molecular complexity index is 458. The largest absolute Gasteiger partial charge is 0.384 e. The van der Waals surface area contributed by atoms with Crippen molar-refractivity contribution in [1.29, 1.82) is 0 Å². The second kappa shape index (κ2) is 3.28. The third-order valence-electron chi connectivity index (χ3n) is 2.80. The summed E-state index contributed by atoms with van der Waals surface area (Å²) >= 11 is 1.95. The van der Waals surface area contributed by atoms with Crippen LogP contribution in [0.25, 0.3) is 10.1 Å². The Morgan fingerprint density at radius 1 is 1.14 bits per heavy atom. The maximum absolute atomic E-state index is 3.56. The van der Waals surface area contributed by atoms with Crippen molar-refractivity contribution in [1.82, 2.24) is 0 Å². The normalized spacial score (nSPS) is 16.0. The van der Waals surface area contributed by atoms with Crippen molar-refractivity contribution in [2.75, 3.05) is 11.9 Å². The van der Waals surface area contributed by atoms with Crippen LogP contribution in [0.15, 0.2) is 24.3 Å². The molecule has 1 aromatic heterocycles. The third-order valence-corrected chi connectivity index (χ3v) is 4.03. The molecule has 2 aromatic rings. The average Bonchev–Trinajstić information content (AvgIpc) is 2.42. The van der Waals surface area contributed by atoms with Gasteiger partial charge in [-0.1, -0.05) is 18.2 Å². The molecule has 1 N–H and O–H groups in total. The van der Waals surface area contributed by atoms with Gasteiger partial charge >= 0.3 is 0 Å². The summed E-state index contributed by atoms with van der Waals surface area (Å²) in [6, 6.07) is 8.69. The Labute approximate surface area is 87.8 Å². The minimum Gasteiger partial charge on any atom is -0.384 e. The van der Waals surface area contributed by atoms with Gasteiger partial charge in [-0.2, -0.15) is 0 Å². The molecule has 14 heavy (non-hydrogen) atoms. The number of rotatable bonds is 0. The molecule has 0 amide bonds. The second-order valence-corrected chi connectivity index (χ2v) is 4.92. The van der Waals surface area contributed by atoms with E-state index >= 15 is 0 Å². The van der Waals surface area contributed by atoms with Gasteiger partial charge in [0.2, 0.25) is 0 Å². The number of fused-ring (bicyclic) bond motifs is 3. The molecule has 0 fully saturated rings. The van der Waals surface area contributed by atoms with Crippen LogP contribution in [0.5, 0.6) is 0 Å². The molecule has 72 valence electrons. The first-order valence-corrected chi connectivity index (χ1v) is 6.01. The van der Waals surface area contributed by atoms with Crippen molar-refractivity contribution in [2.24, 2.45) is 0 Å². The highest BCUT2D eigenvalue weighted by Crippen LogP contribution is 2.37. The molecule has 3 rings (SSSR count). The molecule has 1 aromatic carbocycles. The number of aryl methyl sites for hydroxylation is 1. The Balaban J connectivity index is 2.24. The van der Waals surface area contributed by atoms with E-state index in [2.05, 4.69) is 29.6 Å². The summed E-state index contributed by atoms with van der Waals surface area (Å²) in [5.74, 6) is 0. The van der Waals surface area contributed by atoms with Crippen LogP contribution < -0.4 is 5.32 Å². The van der Waals surface area contributed by atoms with Gasteiger partial charge in [-0.05, 0) is 25.3 Å². The van der Waals surface area contributed by atoms with Gasteiger partial charge in [0.25, 0.3) is 0 Å². The maximum atomic E-state index is 3.56. The van der Waals surface area contributed by atoms with Crippen molar-refractivity contribution < 1.29 is 0 Å². The number of hydrogen-bond donors (Lipinski definition) is 1. The molecule has 1 aliphatic rings. The lowest BCUT2D eigenvalue weighted by Gasteiger charge is -2.01. The van der Waals surface area contributed by atoms with E-state index in [0.717, 1.165) is 6.54 Å². The van der Waals surface area contributed by atoms with Crippen LogP contribution in [-0.4, -0.2) is 6.54 Å². The number of anilines is 1. The lowest BCUT2D eigenvalue weighted by molar-refractivity contribution is 0.791. The first-order chi connectivity index (χ1) is 6.95. The number of hydrogen-bond acceptors (Lipinski definition) is 2. The van der Waals surface area contributed by atoms with E-state index < -0.39 is 0 Å². The lowest BCUT2D eigenvalue weighted by Crippen LogP contribution is -1.97. The molecule has 1 aliphatic heterocycles. The first kappa shape index (κ1) is 8.30. The van der Waals surface area contributed by atoms with Crippen LogP contribution in [0.1, 0.15) is 17.7 Å². The standard InChI is InChI=1S/C12H13NS/c1-2-6-10-9(5-1)12-11(14-10)7-3-4-8-13-12/h1-2,5-6,13H,3-4,7-8H2. The predicted molar refractivity (Wildman–Crippen MR) is 63.3 cm³/mol. The molecular weight excluding hydrogens is 190 g/mol. The zero-order chi connectivity index (χ0) is 9.38. The Kier molecular flexibility index (Phi) is 1.95. The fourth-order valence-electron chi connectivity index (χ4n) is 2.09. The number of benzene rings is 1. The van der Waals surface area contributed by atoms with Crippen molar-refractivity contribution in [3.8, 4) is 0 Å². The second-order valence-electron chi connectivity index (χ2n) is 3.78. The minimum absolute atomic E-state index is 1.13. The zero-order valence-corrected chi connectivity index (χ0v) is 8.86. The summed E-state index contributed by atoms with van der Waals surface area (Å²) in [4.78, 5) is 1.55. The Morgan fingerprint density at radius 2 is 2.07 bits per heavy atom. The summed E-state index contributed by atoms with van der Waals surface area (Å²) in [7, 11) is 0. The van der Waals surface area contributed by atoms with Crippen molar-refractivity contribution >= 4 is 27.1 Å². The average molecular weight is 203 g/mol. The van der Waals surface area contributed by atoms with Crippen LogP contribution >= 0.6 is 11.3 Å². The highest BCUT2D eigenvalue weighted by Gasteiger charge is 2.13. The van der Waals surface area contributed by atoms with Crippen LogP contribution in [0.2, 0.25) is 0 Å². The highest BCUT2D eigenvalue weighted by atomic mass is 32.1. The van der Waals surface area contributed by atoms with Crippen molar-refractivity contribution in [3.63, 3.8) is 0 Å². The van der Waals surface area contributed by atoms with Gasteiger partial charge in [-0.25, -0.2) is 0 Å². The van der Waals surface area contributed by atoms with E-state index in [-0.39, 0.29) is 0 Å². The molecule has 1 nitrogen and oxygen atoms in total. The smallest absolute Gasteiger partial charge is 0.0561 e. The molecule has 0 atom stereocenters. The van der Waals surface area contributed by atoms with E-state index in [0.29, 0.717) is 0 Å². The van der Waals surface area contributed by atoms with Crippen molar-refractivity contribution in [3.05, 3.63) is 29.1 Å². The van der Waals surface area contributed by atoms with Gasteiger partial charge in [0.1, 0.15) is 0 Å². The topological polar surface area (TPSA) is 12.0 Å². The number of thiophene rings is 1. The minimum atomic E-state index is 1.13. The van der Waals surface area contributed by atoms with Gasteiger partial charge in [-0.3, -0.25) is 0 Å².